The van der Waals surface area contributed by atoms with Crippen LogP contribution < -0.4 is 14.7 Å². The summed E-state index contributed by atoms with van der Waals surface area (Å²) in [4.78, 5) is 26.0. The Bertz CT molecular complexity index is 9590. The first kappa shape index (κ1) is 86.3. The summed E-state index contributed by atoms with van der Waals surface area (Å²) in [6, 6.07) is 180. The van der Waals surface area contributed by atoms with Gasteiger partial charge < -0.3 is 23.5 Å². The molecule has 0 saturated heterocycles. The van der Waals surface area contributed by atoms with E-state index in [1.54, 1.807) is 0 Å². The fourth-order valence-electron chi connectivity index (χ4n) is 22.2. The van der Waals surface area contributed by atoms with E-state index in [1.165, 1.54) is 99.5 Å². The largest absolute Gasteiger partial charge is 0.309 e. The number of hydrogen-bond acceptors (Lipinski definition) is 9. The van der Waals surface area contributed by atoms with E-state index < -0.39 is 0 Å². The summed E-state index contributed by atoms with van der Waals surface area (Å²) in [6.07, 6.45) is 7.36. The molecule has 147 heavy (non-hydrogen) atoms. The maximum absolute atomic E-state index is 5.06. The third-order valence-electron chi connectivity index (χ3n) is 28.7. The Morgan fingerprint density at radius 2 is 0.558 bits per heavy atom. The molecule has 6 aromatic heterocycles. The molecule has 3 aliphatic rings. The lowest BCUT2D eigenvalue weighted by Crippen LogP contribution is -2.14. The lowest BCUT2D eigenvalue weighted by Gasteiger charge is -2.28. The quantitative estimate of drug-likeness (QED) is 0.118. The Hall–Kier alpha value is -19.8. The summed E-state index contributed by atoms with van der Waals surface area (Å²) in [5.41, 5.74) is 43.0. The van der Waals surface area contributed by atoms with Gasteiger partial charge in [0, 0.05) is 134 Å². The zero-order chi connectivity index (χ0) is 97.4. The molecule has 12 heteroatoms. The molecule has 690 valence electrons. The first-order valence-corrected chi connectivity index (χ1v) is 49.8. The van der Waals surface area contributed by atoms with Crippen LogP contribution in [0.3, 0.4) is 0 Å². The van der Waals surface area contributed by atoms with Crippen molar-refractivity contribution in [3.8, 4) is 151 Å². The van der Waals surface area contributed by atoms with E-state index >= 15 is 0 Å². The van der Waals surface area contributed by atoms with E-state index in [4.69, 9.17) is 15.2 Å². The van der Waals surface area contributed by atoms with Crippen molar-refractivity contribution in [2.24, 2.45) is 0 Å². The van der Waals surface area contributed by atoms with Crippen molar-refractivity contribution in [2.75, 3.05) is 14.7 Å². The first-order chi connectivity index (χ1) is 72.9. The first-order valence-electron chi connectivity index (χ1n) is 49.8. The van der Waals surface area contributed by atoms with Crippen LogP contribution in [0.15, 0.2) is 528 Å². The zero-order valence-electron chi connectivity index (χ0n) is 80.1. The molecular formula is C135H90N12. The van der Waals surface area contributed by atoms with Gasteiger partial charge in [0.05, 0.1) is 109 Å². The second kappa shape index (κ2) is 36.7. The molecule has 20 aromatic carbocycles. The van der Waals surface area contributed by atoms with Gasteiger partial charge in [-0.05, 0) is 167 Å². The molecule has 0 spiro atoms. The molecule has 9 heterocycles. The molecule has 0 aliphatic carbocycles. The van der Waals surface area contributed by atoms with Crippen molar-refractivity contribution < 1.29 is 0 Å². The van der Waals surface area contributed by atoms with Crippen molar-refractivity contribution in [1.29, 1.82) is 0 Å². The van der Waals surface area contributed by atoms with Crippen LogP contribution in [0.4, 0.5) is 51.3 Å². The molecule has 29 rings (SSSR count). The minimum atomic E-state index is 0.806. The highest BCUT2D eigenvalue weighted by Gasteiger charge is 2.37. The predicted molar refractivity (Wildman–Crippen MR) is 606 cm³/mol. The topological polar surface area (TPSA) is 102 Å². The van der Waals surface area contributed by atoms with Crippen molar-refractivity contribution in [3.63, 3.8) is 0 Å². The summed E-state index contributed by atoms with van der Waals surface area (Å²) in [6.45, 7) is 1.96. The number of para-hydroxylation sites is 11. The average molecular weight is 1880 g/mol. The maximum atomic E-state index is 5.06. The standard InChI is InChI=1S/C54H36N4.C41H28N4.C40H26N4/c1-4-17-37(18-5-1)41-32-42(39-21-16-22-40(31-39)49-36-55-35-48(56-49)38-19-6-2-7-20-38)34-44(33-41)57-50-28-13-10-25-45(50)53-46-26-11-14-29-51(46)58(43-23-8-3-9-24-43)54(53)47-27-12-15-30-52(47)57;1-27-25-43-36(26-42-27)30-13-10-14-31(24-30)44-37-18-7-4-15-33(37)40-34-16-5-8-19-38(34)45(41(40)35-17-6-9-20-39(35)44)32-22-21-28-11-2-3-12-29(28)23-32;1-3-15-27(16-4-1)38-29-19-7-8-20-30(29)40(42-41-38)44-35-25-13-10-22-32(35)37-31-21-9-12-24-34(31)43(28-17-5-2-6-18-28)39(37)33-23-11-14-26-36(33)44/h1-36H;2-26H,1H3;1-26H. The van der Waals surface area contributed by atoms with Crippen LogP contribution in [0.5, 0.6) is 0 Å². The summed E-state index contributed by atoms with van der Waals surface area (Å²) >= 11 is 0. The Morgan fingerprint density at radius 1 is 0.197 bits per heavy atom. The molecule has 12 nitrogen and oxygen atoms in total. The molecule has 0 saturated carbocycles. The summed E-state index contributed by atoms with van der Waals surface area (Å²) in [7, 11) is 0. The van der Waals surface area contributed by atoms with E-state index in [2.05, 4.69) is 510 Å². The van der Waals surface area contributed by atoms with Crippen LogP contribution in [-0.2, 0) is 0 Å². The summed E-state index contributed by atoms with van der Waals surface area (Å²) in [5.74, 6) is 0.806. The number of aryl methyl sites for hydroxylation is 1. The van der Waals surface area contributed by atoms with Gasteiger partial charge in [0.25, 0.3) is 0 Å². The zero-order valence-corrected chi connectivity index (χ0v) is 80.1. The van der Waals surface area contributed by atoms with Crippen LogP contribution in [-0.4, -0.2) is 43.8 Å². The monoisotopic (exact) mass is 1880 g/mol. The summed E-state index contributed by atoms with van der Waals surface area (Å²) in [5, 5.41) is 18.1. The normalized spacial score (nSPS) is 11.9. The molecule has 0 fully saturated rings. The smallest absolute Gasteiger partial charge is 0.168 e. The molecule has 0 bridgehead atoms. The van der Waals surface area contributed by atoms with Gasteiger partial charge in [-0.3, -0.25) is 19.9 Å². The van der Waals surface area contributed by atoms with Crippen molar-refractivity contribution in [1.82, 2.24) is 43.8 Å². The number of benzene rings is 20. The fourth-order valence-corrected chi connectivity index (χ4v) is 22.2. The molecular weight excluding hydrogens is 1790 g/mol. The minimum absolute atomic E-state index is 0.806. The average Bonchev–Trinajstić information content (AvgIpc) is 1.56. The third kappa shape index (κ3) is 15.1. The van der Waals surface area contributed by atoms with E-state index in [0.717, 1.165) is 163 Å². The number of rotatable bonds is 12. The van der Waals surface area contributed by atoms with Gasteiger partial charge in [-0.25, -0.2) is 4.98 Å². The number of hydrogen-bond donors (Lipinski definition) is 0. The van der Waals surface area contributed by atoms with Gasteiger partial charge in [-0.1, -0.05) is 376 Å². The van der Waals surface area contributed by atoms with E-state index in [-0.39, 0.29) is 0 Å². The third-order valence-corrected chi connectivity index (χ3v) is 28.7. The highest BCUT2D eigenvalue weighted by molar-refractivity contribution is 6.18. The molecule has 0 radical (unpaired) electrons. The second-order valence-electron chi connectivity index (χ2n) is 37.3. The number of anilines is 9. The predicted octanol–water partition coefficient (Wildman–Crippen LogP) is 35.2. The van der Waals surface area contributed by atoms with E-state index in [1.807, 2.05) is 68.1 Å². The van der Waals surface area contributed by atoms with Gasteiger partial charge in [0.2, 0.25) is 0 Å². The minimum Gasteiger partial charge on any atom is -0.309 e. The lowest BCUT2D eigenvalue weighted by atomic mass is 9.95. The SMILES string of the molecule is Cc1cnc(-c2cccc(N3c4ccccc4-c4c(n(-c5ccc6ccccc6c5)c5ccccc45)-c4ccccc43)c2)cn1.c1ccc(-c2cc(-c3cccc(-c4cncc(-c5ccccc5)n4)c3)cc(N3c4ccccc4-c4c(n(-c5ccccc5)c5ccccc45)-c4ccccc43)c2)cc1.c1ccc(-c2nnc(N3c4ccccc4-c4c(n(-c5ccccc5)c5ccccc45)-c4ccccc43)c3ccccc23)cc1. The maximum Gasteiger partial charge on any atom is 0.168 e. The Morgan fingerprint density at radius 3 is 1.08 bits per heavy atom. The van der Waals surface area contributed by atoms with Gasteiger partial charge in [-0.15, -0.1) is 10.2 Å². The number of fused-ring (bicyclic) bond motifs is 23. The highest BCUT2D eigenvalue weighted by atomic mass is 15.3. The number of aromatic nitrogens is 9. The highest BCUT2D eigenvalue weighted by Crippen LogP contribution is 2.60. The summed E-state index contributed by atoms with van der Waals surface area (Å²) < 4.78 is 7.30. The van der Waals surface area contributed by atoms with E-state index in [9.17, 15) is 0 Å². The van der Waals surface area contributed by atoms with Gasteiger partial charge in [0.1, 0.15) is 5.69 Å². The van der Waals surface area contributed by atoms with E-state index in [0.29, 0.717) is 0 Å². The van der Waals surface area contributed by atoms with Crippen LogP contribution in [0.25, 0.3) is 206 Å². The van der Waals surface area contributed by atoms with Gasteiger partial charge in [-0.2, -0.15) is 0 Å². The Labute approximate surface area is 850 Å². The van der Waals surface area contributed by atoms with Crippen LogP contribution in [0, 0.1) is 6.92 Å². The van der Waals surface area contributed by atoms with Crippen LogP contribution >= 0.6 is 0 Å². The molecule has 26 aromatic rings. The van der Waals surface area contributed by atoms with Gasteiger partial charge >= 0.3 is 0 Å². The van der Waals surface area contributed by atoms with Crippen LogP contribution in [0.1, 0.15) is 5.69 Å². The lowest BCUT2D eigenvalue weighted by molar-refractivity contribution is 1.03. The molecule has 0 N–H and O–H groups in total. The molecule has 3 aliphatic heterocycles. The number of nitrogens with zero attached hydrogens (tertiary/aromatic N) is 12. The Balaban J connectivity index is 0.000000111. The molecule has 0 unspecified atom stereocenters. The van der Waals surface area contributed by atoms with Crippen molar-refractivity contribution >= 4 is 106 Å². The fraction of sp³-hybridized carbons (Fsp3) is 0.00741. The molecule has 0 amide bonds. The van der Waals surface area contributed by atoms with Crippen molar-refractivity contribution in [3.05, 3.63) is 534 Å². The Kier molecular flexibility index (Phi) is 21.5. The van der Waals surface area contributed by atoms with Gasteiger partial charge in [0.15, 0.2) is 5.82 Å². The van der Waals surface area contributed by atoms with Crippen molar-refractivity contribution in [2.45, 2.75) is 6.92 Å². The second-order valence-corrected chi connectivity index (χ2v) is 37.3. The van der Waals surface area contributed by atoms with Crippen LogP contribution in [0.2, 0.25) is 0 Å². The molecule has 0 atom stereocenters.